The molecule has 10 heteroatoms. The molecular weight excluding hydrogens is 894 g/mol. The number of esters is 2. The van der Waals surface area contributed by atoms with E-state index in [0.29, 0.717) is 6.42 Å². The van der Waals surface area contributed by atoms with Crippen molar-refractivity contribution in [2.75, 3.05) is 26.4 Å². The van der Waals surface area contributed by atoms with Crippen LogP contribution in [0.1, 0.15) is 316 Å². The number of allylic oxidation sites excluding steroid dienone is 4. The minimum absolute atomic E-state index is 0.0547. The van der Waals surface area contributed by atoms with Gasteiger partial charge in [-0.25, -0.2) is 4.57 Å². The average molecular weight is 1010 g/mol. The first-order chi connectivity index (χ1) is 34.3. The molecule has 0 aliphatic carbocycles. The molecule has 0 spiro atoms. The molecule has 70 heavy (non-hydrogen) atoms. The van der Waals surface area contributed by atoms with Crippen molar-refractivity contribution in [1.29, 1.82) is 0 Å². The summed E-state index contributed by atoms with van der Waals surface area (Å²) in [6.45, 7) is 3.70. The van der Waals surface area contributed by atoms with Gasteiger partial charge >= 0.3 is 19.8 Å². The lowest BCUT2D eigenvalue weighted by molar-refractivity contribution is -0.161. The van der Waals surface area contributed by atoms with Crippen LogP contribution in [0.2, 0.25) is 0 Å². The zero-order chi connectivity index (χ0) is 51.0. The quantitative estimate of drug-likeness (QED) is 0.0264. The fourth-order valence-corrected chi connectivity index (χ4v) is 9.81. The number of carbonyl (C=O) groups excluding carboxylic acids is 2. The molecule has 0 rings (SSSR count). The van der Waals surface area contributed by atoms with Gasteiger partial charge in [-0.15, -0.1) is 0 Å². The minimum atomic E-state index is -4.38. The standard InChI is InChI=1S/C60H116NO8P/c1-3-5-7-9-11-13-15-16-17-18-19-20-21-22-23-24-25-26-27-28-29-30-31-32-33-34-35-36-37-38-39-40-41-42-43-45-47-49-51-53-60(63)69-58(57-68-70(64,65)67-55-54-61)56-66-59(62)52-50-48-46-44-14-12-10-8-6-4-2/h8,10,18-19,58H,3-7,9,11-17,20-57,61H2,1-2H3,(H,64,65)/b10-8-,19-18-. The lowest BCUT2D eigenvalue weighted by Gasteiger charge is -2.19. The van der Waals surface area contributed by atoms with E-state index in [2.05, 4.69) is 38.2 Å². The Balaban J connectivity index is 3.67. The third-order valence-electron chi connectivity index (χ3n) is 13.5. The van der Waals surface area contributed by atoms with Crippen LogP contribution >= 0.6 is 7.82 Å². The van der Waals surface area contributed by atoms with E-state index in [1.54, 1.807) is 0 Å². The van der Waals surface area contributed by atoms with Gasteiger partial charge in [0.15, 0.2) is 6.10 Å². The van der Waals surface area contributed by atoms with Crippen molar-refractivity contribution in [1.82, 2.24) is 0 Å². The maximum atomic E-state index is 12.7. The summed E-state index contributed by atoms with van der Waals surface area (Å²) in [6.07, 6.45) is 67.3. The molecule has 9 nitrogen and oxygen atoms in total. The van der Waals surface area contributed by atoms with E-state index < -0.39 is 26.5 Å². The number of nitrogens with two attached hydrogens (primary N) is 1. The molecule has 0 saturated heterocycles. The second kappa shape index (κ2) is 56.8. The molecule has 2 atom stereocenters. The Morgan fingerprint density at radius 2 is 0.729 bits per heavy atom. The summed E-state index contributed by atoms with van der Waals surface area (Å²) in [6, 6.07) is 0. The van der Waals surface area contributed by atoms with Crippen LogP contribution in [0.5, 0.6) is 0 Å². The van der Waals surface area contributed by atoms with Crippen molar-refractivity contribution >= 4 is 19.8 Å². The van der Waals surface area contributed by atoms with Crippen LogP contribution in [0.25, 0.3) is 0 Å². The third kappa shape index (κ3) is 55.8. The number of phosphoric acid groups is 1. The zero-order valence-corrected chi connectivity index (χ0v) is 47.2. The third-order valence-corrected chi connectivity index (χ3v) is 14.5. The van der Waals surface area contributed by atoms with Crippen molar-refractivity contribution in [2.45, 2.75) is 322 Å². The van der Waals surface area contributed by atoms with Crippen LogP contribution in [-0.4, -0.2) is 49.3 Å². The predicted molar refractivity (Wildman–Crippen MR) is 298 cm³/mol. The van der Waals surface area contributed by atoms with Crippen LogP contribution in [0.15, 0.2) is 24.3 Å². The van der Waals surface area contributed by atoms with E-state index >= 15 is 0 Å². The molecule has 0 bridgehead atoms. The van der Waals surface area contributed by atoms with Crippen molar-refractivity contribution in [3.8, 4) is 0 Å². The summed E-state index contributed by atoms with van der Waals surface area (Å²) in [5.74, 6) is -0.827. The van der Waals surface area contributed by atoms with E-state index in [-0.39, 0.29) is 38.6 Å². The smallest absolute Gasteiger partial charge is 0.462 e. The topological polar surface area (TPSA) is 134 Å². The highest BCUT2D eigenvalue weighted by Crippen LogP contribution is 2.43. The lowest BCUT2D eigenvalue weighted by atomic mass is 10.0. The molecule has 2 unspecified atom stereocenters. The summed E-state index contributed by atoms with van der Waals surface area (Å²) >= 11 is 0. The summed E-state index contributed by atoms with van der Waals surface area (Å²) in [5, 5.41) is 0. The van der Waals surface area contributed by atoms with E-state index in [1.807, 2.05) is 0 Å². The Morgan fingerprint density at radius 1 is 0.414 bits per heavy atom. The van der Waals surface area contributed by atoms with Gasteiger partial charge in [0.05, 0.1) is 13.2 Å². The number of carbonyl (C=O) groups is 2. The molecule has 0 aromatic rings. The van der Waals surface area contributed by atoms with Crippen molar-refractivity contribution in [3.63, 3.8) is 0 Å². The minimum Gasteiger partial charge on any atom is -0.462 e. The maximum absolute atomic E-state index is 12.7. The molecule has 0 amide bonds. The summed E-state index contributed by atoms with van der Waals surface area (Å²) in [5.41, 5.74) is 5.36. The zero-order valence-electron chi connectivity index (χ0n) is 46.3. The highest BCUT2D eigenvalue weighted by Gasteiger charge is 2.26. The number of hydrogen-bond acceptors (Lipinski definition) is 8. The number of hydrogen-bond donors (Lipinski definition) is 2. The Kier molecular flexibility index (Phi) is 55.6. The summed E-state index contributed by atoms with van der Waals surface area (Å²) in [4.78, 5) is 35.0. The molecule has 0 aliphatic heterocycles. The average Bonchev–Trinajstić information content (AvgIpc) is 3.35. The SMILES string of the molecule is CCC/C=C\CCCCCCCC(=O)OCC(COP(=O)(O)OCCN)OC(=O)CCCCCCCCCCCCCCCCCCCCCCCCCCCCC/C=C\CCCCCCCCCC. The largest absolute Gasteiger partial charge is 0.472 e. The summed E-state index contributed by atoms with van der Waals surface area (Å²) < 4.78 is 32.9. The van der Waals surface area contributed by atoms with Crippen molar-refractivity contribution in [3.05, 3.63) is 24.3 Å². The highest BCUT2D eigenvalue weighted by atomic mass is 31.2. The van der Waals surface area contributed by atoms with Crippen molar-refractivity contribution < 1.29 is 37.6 Å². The highest BCUT2D eigenvalue weighted by molar-refractivity contribution is 7.47. The maximum Gasteiger partial charge on any atom is 0.472 e. The van der Waals surface area contributed by atoms with E-state index in [0.717, 1.165) is 57.8 Å². The number of unbranched alkanes of at least 4 members (excludes halogenated alkanes) is 41. The molecule has 0 heterocycles. The van der Waals surface area contributed by atoms with Gasteiger partial charge in [-0.3, -0.25) is 18.6 Å². The van der Waals surface area contributed by atoms with Crippen LogP contribution < -0.4 is 5.73 Å². The number of phosphoric ester groups is 1. The molecule has 0 aromatic carbocycles. The molecular formula is C60H116NO8P. The molecule has 0 aliphatic rings. The van der Waals surface area contributed by atoms with Gasteiger partial charge in [-0.05, 0) is 57.8 Å². The van der Waals surface area contributed by atoms with E-state index in [1.165, 1.54) is 225 Å². The van der Waals surface area contributed by atoms with Gasteiger partial charge < -0.3 is 20.1 Å². The molecule has 414 valence electrons. The predicted octanol–water partition coefficient (Wildman–Crippen LogP) is 19.0. The van der Waals surface area contributed by atoms with E-state index in [9.17, 15) is 19.0 Å². The first kappa shape index (κ1) is 68.5. The fourth-order valence-electron chi connectivity index (χ4n) is 9.05. The van der Waals surface area contributed by atoms with Crippen LogP contribution in [0.3, 0.4) is 0 Å². The van der Waals surface area contributed by atoms with Crippen LogP contribution in [0.4, 0.5) is 0 Å². The first-order valence-corrected chi connectivity index (χ1v) is 31.8. The molecule has 0 saturated carbocycles. The molecule has 0 aromatic heterocycles. The summed E-state index contributed by atoms with van der Waals surface area (Å²) in [7, 11) is -4.38. The lowest BCUT2D eigenvalue weighted by Crippen LogP contribution is -2.29. The Morgan fingerprint density at radius 3 is 1.07 bits per heavy atom. The van der Waals surface area contributed by atoms with Crippen molar-refractivity contribution in [2.24, 2.45) is 5.73 Å². The van der Waals surface area contributed by atoms with Gasteiger partial charge in [-0.2, -0.15) is 0 Å². The van der Waals surface area contributed by atoms with E-state index in [4.69, 9.17) is 24.3 Å². The fraction of sp³-hybridized carbons (Fsp3) is 0.900. The number of rotatable bonds is 58. The normalized spacial score (nSPS) is 13.1. The molecule has 3 N–H and O–H groups in total. The van der Waals surface area contributed by atoms with Gasteiger partial charge in [0.25, 0.3) is 0 Å². The molecule has 0 radical (unpaired) electrons. The van der Waals surface area contributed by atoms with Gasteiger partial charge in [0, 0.05) is 19.4 Å². The van der Waals surface area contributed by atoms with Crippen LogP contribution in [-0.2, 0) is 32.7 Å². The second-order valence-electron chi connectivity index (χ2n) is 20.6. The molecule has 0 fully saturated rings. The van der Waals surface area contributed by atoms with Gasteiger partial charge in [-0.1, -0.05) is 269 Å². The van der Waals surface area contributed by atoms with Crippen LogP contribution in [0, 0.1) is 0 Å². The first-order valence-electron chi connectivity index (χ1n) is 30.3. The Labute approximate surface area is 433 Å². The number of ether oxygens (including phenoxy) is 2. The second-order valence-corrected chi connectivity index (χ2v) is 22.0. The Bertz CT molecular complexity index is 1200. The van der Waals surface area contributed by atoms with Gasteiger partial charge in [0.2, 0.25) is 0 Å². The Hall–Kier alpha value is -1.51. The van der Waals surface area contributed by atoms with Gasteiger partial charge in [0.1, 0.15) is 6.61 Å². The monoisotopic (exact) mass is 1010 g/mol.